The minimum atomic E-state index is -0.576. The van der Waals surface area contributed by atoms with E-state index >= 15 is 0 Å². The summed E-state index contributed by atoms with van der Waals surface area (Å²) in [5.41, 5.74) is 14.1. The van der Waals surface area contributed by atoms with Crippen LogP contribution in [0.4, 0.5) is 11.4 Å². The van der Waals surface area contributed by atoms with Crippen LogP contribution in [0.25, 0.3) is 0 Å². The lowest BCUT2D eigenvalue weighted by Gasteiger charge is -2.29. The maximum Gasteiger partial charge on any atom is 0.343 e. The van der Waals surface area contributed by atoms with Gasteiger partial charge in [-0.25, -0.2) is 4.79 Å². The number of esters is 1. The summed E-state index contributed by atoms with van der Waals surface area (Å²) in [6.45, 7) is 2.26. The van der Waals surface area contributed by atoms with Gasteiger partial charge in [-0.1, -0.05) is 51.5 Å². The highest BCUT2D eigenvalue weighted by molar-refractivity contribution is 5.93. The van der Waals surface area contributed by atoms with E-state index in [0.717, 1.165) is 24.3 Å². The number of nitriles is 1. The molecule has 0 unspecified atom stereocenters. The molecule has 0 spiro atoms. The fourth-order valence-electron chi connectivity index (χ4n) is 4.75. The van der Waals surface area contributed by atoms with Gasteiger partial charge < -0.3 is 16.2 Å². The van der Waals surface area contributed by atoms with Crippen molar-refractivity contribution in [2.75, 3.05) is 11.5 Å². The van der Waals surface area contributed by atoms with Gasteiger partial charge in [0.05, 0.1) is 11.1 Å². The molecule has 1 saturated carbocycles. The van der Waals surface area contributed by atoms with Crippen molar-refractivity contribution >= 4 is 17.3 Å². The SMILES string of the molecule is CCCCCCCC1CCC(c2ccc(OC(=O)c3cc(N)cc(N)c3)c(C#N)c2)CC1. The van der Waals surface area contributed by atoms with Crippen molar-refractivity contribution in [1.29, 1.82) is 5.26 Å². The fraction of sp³-hybridized carbons (Fsp3) is 0.481. The molecule has 0 atom stereocenters. The number of ether oxygens (including phenoxy) is 1. The molecule has 0 radical (unpaired) electrons. The summed E-state index contributed by atoms with van der Waals surface area (Å²) in [6.07, 6.45) is 12.9. The topological polar surface area (TPSA) is 102 Å². The zero-order chi connectivity index (χ0) is 22.9. The van der Waals surface area contributed by atoms with Crippen LogP contribution in [-0.4, -0.2) is 5.97 Å². The molecule has 170 valence electrons. The number of nitrogen functional groups attached to an aromatic ring is 2. The molecule has 0 heterocycles. The van der Waals surface area contributed by atoms with Crippen molar-refractivity contribution in [3.63, 3.8) is 0 Å². The largest absolute Gasteiger partial charge is 0.422 e. The maximum absolute atomic E-state index is 12.5. The lowest BCUT2D eigenvalue weighted by atomic mass is 9.77. The van der Waals surface area contributed by atoms with Gasteiger partial charge in [0.2, 0.25) is 0 Å². The first-order chi connectivity index (χ1) is 15.5. The molecule has 3 rings (SSSR count). The van der Waals surface area contributed by atoms with Gasteiger partial charge in [-0.15, -0.1) is 0 Å². The Bertz CT molecular complexity index is 936. The van der Waals surface area contributed by atoms with Crippen molar-refractivity contribution in [1.82, 2.24) is 0 Å². The van der Waals surface area contributed by atoms with Crippen molar-refractivity contribution in [3.8, 4) is 11.8 Å². The van der Waals surface area contributed by atoms with Crippen LogP contribution < -0.4 is 16.2 Å². The molecule has 0 amide bonds. The van der Waals surface area contributed by atoms with E-state index < -0.39 is 5.97 Å². The van der Waals surface area contributed by atoms with Crippen LogP contribution in [0.3, 0.4) is 0 Å². The average molecular weight is 434 g/mol. The first-order valence-corrected chi connectivity index (χ1v) is 11.9. The molecule has 0 saturated heterocycles. The third kappa shape index (κ3) is 6.50. The Hall–Kier alpha value is -3.00. The van der Waals surface area contributed by atoms with E-state index in [1.165, 1.54) is 63.5 Å². The third-order valence-corrected chi connectivity index (χ3v) is 6.57. The second-order valence-electron chi connectivity index (χ2n) is 9.07. The number of anilines is 2. The Morgan fingerprint density at radius 2 is 1.69 bits per heavy atom. The smallest absolute Gasteiger partial charge is 0.343 e. The maximum atomic E-state index is 12.5. The second kappa shape index (κ2) is 11.6. The van der Waals surface area contributed by atoms with Gasteiger partial charge in [-0.3, -0.25) is 0 Å². The highest BCUT2D eigenvalue weighted by Crippen LogP contribution is 2.39. The molecule has 2 aromatic rings. The summed E-state index contributed by atoms with van der Waals surface area (Å²) in [4.78, 5) is 12.5. The molecule has 32 heavy (non-hydrogen) atoms. The number of hydrogen-bond acceptors (Lipinski definition) is 5. The number of carbonyl (C=O) groups excluding carboxylic acids is 1. The molecule has 4 N–H and O–H groups in total. The summed E-state index contributed by atoms with van der Waals surface area (Å²) >= 11 is 0. The summed E-state index contributed by atoms with van der Waals surface area (Å²) < 4.78 is 5.49. The van der Waals surface area contributed by atoms with Gasteiger partial charge in [-0.05, 0) is 73.4 Å². The third-order valence-electron chi connectivity index (χ3n) is 6.57. The molecular formula is C27H35N3O2. The molecule has 1 aliphatic rings. The Morgan fingerprint density at radius 1 is 1.00 bits per heavy atom. The lowest BCUT2D eigenvalue weighted by Crippen LogP contribution is -2.14. The Kier molecular flexibility index (Phi) is 8.56. The molecular weight excluding hydrogens is 398 g/mol. The van der Waals surface area contributed by atoms with E-state index in [2.05, 4.69) is 13.0 Å². The van der Waals surface area contributed by atoms with E-state index in [4.69, 9.17) is 16.2 Å². The fourth-order valence-corrected chi connectivity index (χ4v) is 4.75. The van der Waals surface area contributed by atoms with Crippen LogP contribution in [0.5, 0.6) is 5.75 Å². The van der Waals surface area contributed by atoms with Gasteiger partial charge in [-0.2, -0.15) is 5.26 Å². The molecule has 0 bridgehead atoms. The minimum Gasteiger partial charge on any atom is -0.422 e. The summed E-state index contributed by atoms with van der Waals surface area (Å²) in [6, 6.07) is 12.4. The van der Waals surface area contributed by atoms with E-state index in [1.807, 2.05) is 12.1 Å². The van der Waals surface area contributed by atoms with Crippen molar-refractivity contribution in [2.45, 2.75) is 77.0 Å². The highest BCUT2D eigenvalue weighted by Gasteiger charge is 2.23. The van der Waals surface area contributed by atoms with Crippen LogP contribution in [0.2, 0.25) is 0 Å². The summed E-state index contributed by atoms with van der Waals surface area (Å²) in [7, 11) is 0. The van der Waals surface area contributed by atoms with Gasteiger partial charge in [0, 0.05) is 11.4 Å². The molecule has 0 aliphatic heterocycles. The number of nitrogens with two attached hydrogens (primary N) is 2. The highest BCUT2D eigenvalue weighted by atomic mass is 16.5. The zero-order valence-electron chi connectivity index (χ0n) is 19.1. The summed E-state index contributed by atoms with van der Waals surface area (Å²) in [5, 5.41) is 9.63. The zero-order valence-corrected chi connectivity index (χ0v) is 19.1. The normalized spacial score (nSPS) is 18.1. The van der Waals surface area contributed by atoms with Crippen molar-refractivity contribution in [3.05, 3.63) is 53.1 Å². The lowest BCUT2D eigenvalue weighted by molar-refractivity contribution is 0.0734. The van der Waals surface area contributed by atoms with Crippen LogP contribution in [0.1, 0.15) is 98.5 Å². The van der Waals surface area contributed by atoms with Gasteiger partial charge in [0.15, 0.2) is 0 Å². The van der Waals surface area contributed by atoms with Crippen LogP contribution >= 0.6 is 0 Å². The molecule has 1 aliphatic carbocycles. The van der Waals surface area contributed by atoms with E-state index in [9.17, 15) is 10.1 Å². The average Bonchev–Trinajstić information content (AvgIpc) is 2.79. The second-order valence-corrected chi connectivity index (χ2v) is 9.07. The quantitative estimate of drug-likeness (QED) is 0.201. The number of carbonyl (C=O) groups is 1. The Balaban J connectivity index is 1.57. The molecule has 5 nitrogen and oxygen atoms in total. The van der Waals surface area contributed by atoms with Gasteiger partial charge >= 0.3 is 5.97 Å². The molecule has 5 heteroatoms. The minimum absolute atomic E-state index is 0.267. The van der Waals surface area contributed by atoms with Gasteiger partial charge in [0.25, 0.3) is 0 Å². The predicted molar refractivity (Wildman–Crippen MR) is 129 cm³/mol. The number of hydrogen-bond donors (Lipinski definition) is 2. The van der Waals surface area contributed by atoms with Crippen LogP contribution in [0.15, 0.2) is 36.4 Å². The van der Waals surface area contributed by atoms with Crippen molar-refractivity contribution < 1.29 is 9.53 Å². The number of unbranched alkanes of at least 4 members (excludes halogenated alkanes) is 4. The van der Waals surface area contributed by atoms with Gasteiger partial charge in [0.1, 0.15) is 11.8 Å². The van der Waals surface area contributed by atoms with Crippen LogP contribution in [0, 0.1) is 17.2 Å². The van der Waals surface area contributed by atoms with Crippen LogP contribution in [-0.2, 0) is 0 Å². The van der Waals surface area contributed by atoms with Crippen molar-refractivity contribution in [2.24, 2.45) is 5.92 Å². The van der Waals surface area contributed by atoms with E-state index in [1.54, 1.807) is 12.1 Å². The molecule has 2 aromatic carbocycles. The summed E-state index contributed by atoms with van der Waals surface area (Å²) in [5.74, 6) is 1.00. The van der Waals surface area contributed by atoms with E-state index in [0.29, 0.717) is 22.9 Å². The number of nitrogens with zero attached hydrogens (tertiary/aromatic N) is 1. The molecule has 0 aromatic heterocycles. The van der Waals surface area contributed by atoms with E-state index in [-0.39, 0.29) is 11.3 Å². The standard InChI is InChI=1S/C27H35N3O2/c1-2-3-4-5-6-7-19-8-10-20(11-9-19)21-12-13-26(23(14-21)18-28)32-27(31)22-15-24(29)17-25(30)16-22/h12-17,19-20H,2-11,29-30H2,1H3. The Labute approximate surface area is 191 Å². The monoisotopic (exact) mass is 433 g/mol. The Morgan fingerprint density at radius 3 is 2.34 bits per heavy atom. The number of benzene rings is 2. The first-order valence-electron chi connectivity index (χ1n) is 11.9. The predicted octanol–water partition coefficient (Wildman–Crippen LogP) is 6.58. The molecule has 1 fully saturated rings. The first kappa shape index (κ1) is 23.7. The number of rotatable bonds is 9.